The number of hydrogen-bond donors (Lipinski definition) is 1. The first-order chi connectivity index (χ1) is 18.3. The molecule has 2 bridgehead atoms. The summed E-state index contributed by atoms with van der Waals surface area (Å²) < 4.78 is 6.86. The van der Waals surface area contributed by atoms with Crippen LogP contribution in [0.4, 0.5) is 0 Å². The van der Waals surface area contributed by atoms with Gasteiger partial charge in [-0.15, -0.1) is 6.58 Å². The van der Waals surface area contributed by atoms with Crippen LogP contribution >= 0.6 is 0 Å². The van der Waals surface area contributed by atoms with Crippen LogP contribution < -0.4 is 4.74 Å². The Kier molecular flexibility index (Phi) is 6.38. The minimum Gasteiger partial charge on any atom is -0.508 e. The summed E-state index contributed by atoms with van der Waals surface area (Å²) in [6.07, 6.45) is 9.41. The maximum absolute atomic E-state index is 13.8. The highest BCUT2D eigenvalue weighted by atomic mass is 16.5. The Hall–Kier alpha value is -3.05. The third kappa shape index (κ3) is 3.89. The normalized spacial score (nSPS) is 29.3. The molecule has 2 fully saturated rings. The van der Waals surface area contributed by atoms with Crippen molar-refractivity contribution in [3.63, 3.8) is 0 Å². The predicted molar refractivity (Wildman–Crippen MR) is 151 cm³/mol. The maximum Gasteiger partial charge on any atom is 0.246 e. The first-order valence-corrected chi connectivity index (χ1v) is 14.3. The van der Waals surface area contributed by atoms with Crippen LogP contribution in [0.15, 0.2) is 55.1 Å². The van der Waals surface area contributed by atoms with E-state index in [1.165, 1.54) is 11.1 Å². The first kappa shape index (κ1) is 25.2. The van der Waals surface area contributed by atoms with Crippen molar-refractivity contribution in [3.05, 3.63) is 77.4 Å². The van der Waals surface area contributed by atoms with Crippen molar-refractivity contribution in [2.75, 3.05) is 19.6 Å². The molecule has 0 radical (unpaired) electrons. The van der Waals surface area contributed by atoms with Crippen LogP contribution in [0.1, 0.15) is 55.4 Å². The molecule has 1 saturated carbocycles. The van der Waals surface area contributed by atoms with E-state index < -0.39 is 0 Å². The summed E-state index contributed by atoms with van der Waals surface area (Å²) in [4.78, 5) is 18.5. The standard InChI is InChI=1S/C33H40N2O3/c1-5-16-34-17-15-33-25-10-11-26(32(33)38-29-13-12-28(36)24(31(29)33)19-27(25)34)35(20-21(2)3)30(37)14-9-23-8-6-7-22(4)18-23/h5-9,12-14,18,21,25-27,32,36H,1,10-11,15-17,19-20H2,2-4H3/t25-,26-,27+,32-,33-/m0/s1. The largest absolute Gasteiger partial charge is 0.508 e. The number of likely N-dealkylation sites (tertiary alicyclic amines) is 1. The minimum atomic E-state index is -0.164. The molecule has 38 heavy (non-hydrogen) atoms. The third-order valence-electron chi connectivity index (χ3n) is 9.49. The van der Waals surface area contributed by atoms with Gasteiger partial charge in [0.15, 0.2) is 0 Å². The predicted octanol–water partition coefficient (Wildman–Crippen LogP) is 5.49. The number of ether oxygens (including phenoxy) is 1. The molecule has 0 aromatic heterocycles. The van der Waals surface area contributed by atoms with Crippen molar-refractivity contribution in [3.8, 4) is 11.5 Å². The Morgan fingerprint density at radius 3 is 2.89 bits per heavy atom. The molecule has 5 atom stereocenters. The van der Waals surface area contributed by atoms with E-state index in [1.807, 2.05) is 30.4 Å². The number of nitrogens with zero attached hydrogens (tertiary/aromatic N) is 2. The van der Waals surface area contributed by atoms with Crippen LogP contribution in [0.25, 0.3) is 6.08 Å². The molecule has 2 aliphatic carbocycles. The van der Waals surface area contributed by atoms with Crippen LogP contribution in [-0.2, 0) is 16.6 Å². The monoisotopic (exact) mass is 512 g/mol. The molecule has 1 N–H and O–H groups in total. The second kappa shape index (κ2) is 9.60. The Labute approximate surface area is 226 Å². The summed E-state index contributed by atoms with van der Waals surface area (Å²) in [7, 11) is 0. The van der Waals surface area contributed by atoms with Crippen molar-refractivity contribution >= 4 is 12.0 Å². The maximum atomic E-state index is 13.8. The van der Waals surface area contributed by atoms with Crippen molar-refractivity contribution in [2.24, 2.45) is 11.8 Å². The molecule has 5 heteroatoms. The molecule has 6 rings (SSSR count). The fourth-order valence-corrected chi connectivity index (χ4v) is 8.14. The molecule has 2 aromatic carbocycles. The summed E-state index contributed by atoms with van der Waals surface area (Å²) in [5.74, 6) is 2.15. The molecule has 2 aliphatic heterocycles. The summed E-state index contributed by atoms with van der Waals surface area (Å²) in [5, 5.41) is 11.0. The van der Waals surface area contributed by atoms with Crippen molar-refractivity contribution < 1.29 is 14.6 Å². The number of amides is 1. The van der Waals surface area contributed by atoms with Gasteiger partial charge < -0.3 is 14.7 Å². The van der Waals surface area contributed by atoms with Crippen LogP contribution in [0.3, 0.4) is 0 Å². The molecule has 1 saturated heterocycles. The van der Waals surface area contributed by atoms with Gasteiger partial charge in [-0.25, -0.2) is 0 Å². The topological polar surface area (TPSA) is 53.0 Å². The Morgan fingerprint density at radius 2 is 2.13 bits per heavy atom. The Bertz CT molecular complexity index is 1280. The van der Waals surface area contributed by atoms with E-state index in [0.717, 1.165) is 55.6 Å². The highest BCUT2D eigenvalue weighted by Gasteiger charge is 2.66. The number of rotatable bonds is 7. The zero-order valence-corrected chi connectivity index (χ0v) is 22.9. The molecule has 1 spiro atoms. The minimum absolute atomic E-state index is 0.00425. The second-order valence-electron chi connectivity index (χ2n) is 12.2. The van der Waals surface area contributed by atoms with Gasteiger partial charge in [-0.2, -0.15) is 0 Å². The number of aryl methyl sites for hydroxylation is 1. The fraction of sp³-hybridized carbons (Fsp3) is 0.485. The van der Waals surface area contributed by atoms with Gasteiger partial charge in [0.05, 0.1) is 6.04 Å². The molecule has 2 aromatic rings. The van der Waals surface area contributed by atoms with Crippen molar-refractivity contribution in [2.45, 2.75) is 70.1 Å². The van der Waals surface area contributed by atoms with Crippen LogP contribution in [0.5, 0.6) is 11.5 Å². The molecule has 0 unspecified atom stereocenters. The van der Waals surface area contributed by atoms with Gasteiger partial charge in [0.25, 0.3) is 0 Å². The quantitative estimate of drug-likeness (QED) is 0.394. The number of phenols is 1. The Balaban J connectivity index is 1.38. The van der Waals surface area contributed by atoms with E-state index >= 15 is 0 Å². The summed E-state index contributed by atoms with van der Waals surface area (Å²) in [6, 6.07) is 12.3. The lowest BCUT2D eigenvalue weighted by Gasteiger charge is -2.60. The van der Waals surface area contributed by atoms with Gasteiger partial charge in [0, 0.05) is 41.7 Å². The van der Waals surface area contributed by atoms with Crippen LogP contribution in [0, 0.1) is 18.8 Å². The van der Waals surface area contributed by atoms with Gasteiger partial charge in [-0.05, 0) is 74.8 Å². The van der Waals surface area contributed by atoms with Crippen molar-refractivity contribution in [1.29, 1.82) is 0 Å². The number of carbonyl (C=O) groups excluding carboxylic acids is 1. The molecular formula is C33H40N2O3. The molecule has 1 amide bonds. The number of aromatic hydroxyl groups is 1. The van der Waals surface area contributed by atoms with Gasteiger partial charge in [-0.3, -0.25) is 9.69 Å². The van der Waals surface area contributed by atoms with Gasteiger partial charge in [0.2, 0.25) is 5.91 Å². The van der Waals surface area contributed by atoms with E-state index in [1.54, 1.807) is 12.1 Å². The number of phenolic OH excluding ortho intramolecular Hbond substituents is 1. The lowest BCUT2D eigenvalue weighted by Crippen LogP contribution is -2.69. The average molecular weight is 513 g/mol. The van der Waals surface area contributed by atoms with Gasteiger partial charge in [-0.1, -0.05) is 49.8 Å². The third-order valence-corrected chi connectivity index (χ3v) is 9.49. The molecule has 5 nitrogen and oxygen atoms in total. The molecule has 4 aliphatic rings. The first-order valence-electron chi connectivity index (χ1n) is 14.3. The lowest BCUT2D eigenvalue weighted by atomic mass is 9.51. The van der Waals surface area contributed by atoms with Crippen molar-refractivity contribution in [1.82, 2.24) is 9.80 Å². The van der Waals surface area contributed by atoms with E-state index in [9.17, 15) is 9.90 Å². The van der Waals surface area contributed by atoms with E-state index in [-0.39, 0.29) is 23.5 Å². The molecule has 200 valence electrons. The zero-order chi connectivity index (χ0) is 26.6. The van der Waals surface area contributed by atoms with Gasteiger partial charge >= 0.3 is 0 Å². The number of piperidine rings is 1. The summed E-state index contributed by atoms with van der Waals surface area (Å²) >= 11 is 0. The van der Waals surface area contributed by atoms with E-state index in [0.29, 0.717) is 30.2 Å². The number of hydrogen-bond acceptors (Lipinski definition) is 4. The summed E-state index contributed by atoms with van der Waals surface area (Å²) in [6.45, 7) is 13.0. The van der Waals surface area contributed by atoms with Gasteiger partial charge in [0.1, 0.15) is 17.6 Å². The van der Waals surface area contributed by atoms with E-state index in [4.69, 9.17) is 4.74 Å². The highest BCUT2D eigenvalue weighted by Crippen LogP contribution is 2.63. The van der Waals surface area contributed by atoms with E-state index in [2.05, 4.69) is 49.3 Å². The fourth-order valence-electron chi connectivity index (χ4n) is 8.14. The van der Waals surface area contributed by atoms with Crippen LogP contribution in [0.2, 0.25) is 0 Å². The number of carbonyl (C=O) groups is 1. The Morgan fingerprint density at radius 1 is 1.29 bits per heavy atom. The average Bonchev–Trinajstić information content (AvgIpc) is 3.22. The zero-order valence-electron chi connectivity index (χ0n) is 22.9. The van der Waals surface area contributed by atoms with Crippen LogP contribution in [-0.4, -0.2) is 58.6 Å². The number of benzene rings is 2. The lowest BCUT2D eigenvalue weighted by molar-refractivity contribution is -0.138. The highest BCUT2D eigenvalue weighted by molar-refractivity contribution is 5.92. The SMILES string of the molecule is C=CCN1CC[C@@]23c4c5ccc(O)c4C[C@@H]1[C@@H]2CC[C@H](N(CC(C)C)C(=O)C=Cc1cccc(C)c1)[C@@H]3O5. The summed E-state index contributed by atoms with van der Waals surface area (Å²) in [5.41, 5.74) is 4.35. The smallest absolute Gasteiger partial charge is 0.246 e. The molecular weight excluding hydrogens is 472 g/mol. The molecule has 2 heterocycles. The second-order valence-corrected chi connectivity index (χ2v) is 12.2.